The van der Waals surface area contributed by atoms with Gasteiger partial charge in [0, 0.05) is 19.1 Å². The molecule has 19 heavy (non-hydrogen) atoms. The number of hydrogen-bond acceptors (Lipinski definition) is 5. The van der Waals surface area contributed by atoms with Crippen molar-refractivity contribution in [2.45, 2.75) is 45.6 Å². The van der Waals surface area contributed by atoms with E-state index >= 15 is 0 Å². The number of anilines is 2. The van der Waals surface area contributed by atoms with Crippen LogP contribution in [0.15, 0.2) is 0 Å². The molecule has 1 saturated heterocycles. The fourth-order valence-corrected chi connectivity index (χ4v) is 3.19. The van der Waals surface area contributed by atoms with Gasteiger partial charge in [0.1, 0.15) is 10.7 Å². The van der Waals surface area contributed by atoms with Crippen molar-refractivity contribution in [1.29, 1.82) is 0 Å². The molecule has 0 aromatic carbocycles. The van der Waals surface area contributed by atoms with E-state index in [0.29, 0.717) is 16.7 Å². The number of piperidine rings is 1. The van der Waals surface area contributed by atoms with Crippen LogP contribution < -0.4 is 11.1 Å². The molecule has 2 rings (SSSR count). The smallest absolute Gasteiger partial charge is 0.268 e. The average molecular weight is 282 g/mol. The summed E-state index contributed by atoms with van der Waals surface area (Å²) in [4.78, 5) is 19.2. The summed E-state index contributed by atoms with van der Waals surface area (Å²) >= 11 is 1.36. The van der Waals surface area contributed by atoms with E-state index in [0.717, 1.165) is 37.5 Å². The van der Waals surface area contributed by atoms with Crippen molar-refractivity contribution >= 4 is 28.2 Å². The van der Waals surface area contributed by atoms with Gasteiger partial charge >= 0.3 is 0 Å². The number of carbonyl (C=O) groups is 1. The quantitative estimate of drug-likeness (QED) is 0.890. The number of nitrogens with zero attached hydrogens (tertiary/aromatic N) is 2. The monoisotopic (exact) mass is 282 g/mol. The number of rotatable bonds is 4. The maximum absolute atomic E-state index is 12.5. The van der Waals surface area contributed by atoms with Gasteiger partial charge in [0.2, 0.25) is 0 Å². The van der Waals surface area contributed by atoms with Gasteiger partial charge in [-0.1, -0.05) is 18.3 Å². The molecule has 1 aromatic heterocycles. The van der Waals surface area contributed by atoms with Gasteiger partial charge in [0.15, 0.2) is 5.13 Å². The fraction of sp³-hybridized carbons (Fsp3) is 0.692. The Labute approximate surface area is 118 Å². The SMILES string of the molecule is CCCNc1nc(N)c(C(=O)N2CCCCC2C)s1. The first-order valence-corrected chi connectivity index (χ1v) is 7.76. The Kier molecular flexibility index (Phi) is 4.63. The molecule has 1 amide bonds. The standard InChI is InChI=1S/C13H22N4OS/c1-3-7-15-13-16-11(14)10(19-13)12(18)17-8-5-4-6-9(17)2/h9H,3-8,14H2,1-2H3,(H,15,16). The van der Waals surface area contributed by atoms with Crippen LogP contribution in [0.25, 0.3) is 0 Å². The van der Waals surface area contributed by atoms with Crippen LogP contribution in [0.1, 0.15) is 49.2 Å². The lowest BCUT2D eigenvalue weighted by Gasteiger charge is -2.33. The van der Waals surface area contributed by atoms with E-state index < -0.39 is 0 Å². The summed E-state index contributed by atoms with van der Waals surface area (Å²) in [6.45, 7) is 5.87. The highest BCUT2D eigenvalue weighted by Crippen LogP contribution is 2.28. The summed E-state index contributed by atoms with van der Waals surface area (Å²) < 4.78 is 0. The predicted molar refractivity (Wildman–Crippen MR) is 79.7 cm³/mol. The molecule has 1 fully saturated rings. The first-order chi connectivity index (χ1) is 9.13. The van der Waals surface area contributed by atoms with Crippen molar-refractivity contribution in [2.75, 3.05) is 24.1 Å². The zero-order valence-electron chi connectivity index (χ0n) is 11.6. The number of thiazole rings is 1. The third kappa shape index (κ3) is 3.18. The molecule has 0 radical (unpaired) electrons. The summed E-state index contributed by atoms with van der Waals surface area (Å²) in [5.41, 5.74) is 5.88. The second kappa shape index (κ2) is 6.23. The summed E-state index contributed by atoms with van der Waals surface area (Å²) in [6, 6.07) is 0.301. The lowest BCUT2D eigenvalue weighted by Crippen LogP contribution is -2.41. The Morgan fingerprint density at radius 3 is 3.05 bits per heavy atom. The van der Waals surface area contributed by atoms with Gasteiger partial charge in [-0.05, 0) is 32.6 Å². The van der Waals surface area contributed by atoms with Crippen molar-refractivity contribution in [1.82, 2.24) is 9.88 Å². The first kappa shape index (κ1) is 14.1. The Balaban J connectivity index is 2.11. The molecular formula is C13H22N4OS. The van der Waals surface area contributed by atoms with E-state index in [-0.39, 0.29) is 5.91 Å². The van der Waals surface area contributed by atoms with E-state index in [9.17, 15) is 4.79 Å². The number of nitrogens with two attached hydrogens (primary N) is 1. The van der Waals surface area contributed by atoms with Crippen LogP contribution in [0.2, 0.25) is 0 Å². The van der Waals surface area contributed by atoms with Crippen LogP contribution >= 0.6 is 11.3 Å². The van der Waals surface area contributed by atoms with Gasteiger partial charge in [0.05, 0.1) is 0 Å². The number of nitrogen functional groups attached to an aromatic ring is 1. The van der Waals surface area contributed by atoms with Gasteiger partial charge < -0.3 is 16.0 Å². The fourth-order valence-electron chi connectivity index (χ4n) is 2.32. The molecule has 1 aliphatic heterocycles. The number of carbonyl (C=O) groups excluding carboxylic acids is 1. The zero-order valence-corrected chi connectivity index (χ0v) is 12.4. The molecule has 1 aliphatic rings. The van der Waals surface area contributed by atoms with Gasteiger partial charge in [-0.15, -0.1) is 0 Å². The van der Waals surface area contributed by atoms with Crippen molar-refractivity contribution in [2.24, 2.45) is 0 Å². The molecular weight excluding hydrogens is 260 g/mol. The highest BCUT2D eigenvalue weighted by Gasteiger charge is 2.27. The number of aromatic nitrogens is 1. The zero-order chi connectivity index (χ0) is 13.8. The van der Waals surface area contributed by atoms with Crippen LogP contribution in [-0.2, 0) is 0 Å². The Morgan fingerprint density at radius 1 is 1.58 bits per heavy atom. The topological polar surface area (TPSA) is 71.2 Å². The minimum atomic E-state index is 0.0340. The van der Waals surface area contributed by atoms with Crippen molar-refractivity contribution in [3.63, 3.8) is 0 Å². The predicted octanol–water partition coefficient (Wildman–Crippen LogP) is 2.56. The molecule has 1 unspecified atom stereocenters. The van der Waals surface area contributed by atoms with Crippen molar-refractivity contribution in [3.8, 4) is 0 Å². The maximum Gasteiger partial charge on any atom is 0.268 e. The first-order valence-electron chi connectivity index (χ1n) is 6.94. The van der Waals surface area contributed by atoms with Crippen LogP contribution in [0.3, 0.4) is 0 Å². The van der Waals surface area contributed by atoms with Crippen LogP contribution in [0.4, 0.5) is 10.9 Å². The Bertz CT molecular complexity index is 446. The van der Waals surface area contributed by atoms with Gasteiger partial charge in [0.25, 0.3) is 5.91 Å². The normalized spacial score (nSPS) is 19.5. The minimum Gasteiger partial charge on any atom is -0.382 e. The van der Waals surface area contributed by atoms with E-state index in [1.54, 1.807) is 0 Å². The summed E-state index contributed by atoms with van der Waals surface area (Å²) in [7, 11) is 0. The van der Waals surface area contributed by atoms with Crippen LogP contribution in [0.5, 0.6) is 0 Å². The molecule has 3 N–H and O–H groups in total. The number of hydrogen-bond donors (Lipinski definition) is 2. The highest BCUT2D eigenvalue weighted by molar-refractivity contribution is 7.18. The Hall–Kier alpha value is -1.30. The molecule has 0 saturated carbocycles. The van der Waals surface area contributed by atoms with Crippen molar-refractivity contribution in [3.05, 3.63) is 4.88 Å². The minimum absolute atomic E-state index is 0.0340. The second-order valence-electron chi connectivity index (χ2n) is 5.00. The summed E-state index contributed by atoms with van der Waals surface area (Å²) in [5.74, 6) is 0.387. The van der Waals surface area contributed by atoms with E-state index in [2.05, 4.69) is 24.1 Å². The molecule has 6 heteroatoms. The van der Waals surface area contributed by atoms with E-state index in [4.69, 9.17) is 5.73 Å². The van der Waals surface area contributed by atoms with Gasteiger partial charge in [-0.25, -0.2) is 4.98 Å². The third-order valence-electron chi connectivity index (χ3n) is 3.44. The van der Waals surface area contributed by atoms with Crippen LogP contribution in [-0.4, -0.2) is 34.9 Å². The van der Waals surface area contributed by atoms with Gasteiger partial charge in [-0.2, -0.15) is 0 Å². The molecule has 0 spiro atoms. The molecule has 106 valence electrons. The number of likely N-dealkylation sites (tertiary alicyclic amines) is 1. The molecule has 1 aromatic rings. The molecule has 0 aliphatic carbocycles. The van der Waals surface area contributed by atoms with Crippen LogP contribution in [0, 0.1) is 0 Å². The number of amides is 1. The molecule has 1 atom stereocenters. The van der Waals surface area contributed by atoms with Crippen molar-refractivity contribution < 1.29 is 4.79 Å². The number of nitrogens with one attached hydrogen (secondary N) is 1. The van der Waals surface area contributed by atoms with E-state index in [1.165, 1.54) is 17.8 Å². The lowest BCUT2D eigenvalue weighted by atomic mass is 10.0. The summed E-state index contributed by atoms with van der Waals surface area (Å²) in [5, 5.41) is 3.92. The average Bonchev–Trinajstić information content (AvgIpc) is 2.77. The highest BCUT2D eigenvalue weighted by atomic mass is 32.1. The maximum atomic E-state index is 12.5. The van der Waals surface area contributed by atoms with E-state index in [1.807, 2.05) is 4.90 Å². The third-order valence-corrected chi connectivity index (χ3v) is 4.45. The summed E-state index contributed by atoms with van der Waals surface area (Å²) in [6.07, 6.45) is 4.37. The van der Waals surface area contributed by atoms with Gasteiger partial charge in [-0.3, -0.25) is 4.79 Å². The second-order valence-corrected chi connectivity index (χ2v) is 6.00. The Morgan fingerprint density at radius 2 is 2.37 bits per heavy atom. The molecule has 5 nitrogen and oxygen atoms in total. The molecule has 2 heterocycles. The largest absolute Gasteiger partial charge is 0.382 e. The lowest BCUT2D eigenvalue weighted by molar-refractivity contribution is 0.0641. The molecule has 0 bridgehead atoms.